The van der Waals surface area contributed by atoms with Crippen LogP contribution in [0.4, 0.5) is 0 Å². The molecule has 3 rings (SSSR count). The molecule has 1 N–H and O–H groups in total. The molecule has 1 heterocycles. The van der Waals surface area contributed by atoms with E-state index in [1.54, 1.807) is 12.1 Å². The Hall–Kier alpha value is -0.820. The minimum Gasteiger partial charge on any atom is -0.353 e. The first-order chi connectivity index (χ1) is 12.8. The van der Waals surface area contributed by atoms with Gasteiger partial charge in [-0.25, -0.2) is 8.42 Å². The number of nitrogens with zero attached hydrogens (tertiary/aromatic N) is 1. The zero-order valence-corrected chi connectivity index (χ0v) is 17.8. The summed E-state index contributed by atoms with van der Waals surface area (Å²) in [5, 5.41) is 3.46. The summed E-state index contributed by atoms with van der Waals surface area (Å²) in [6.07, 6.45) is 5.62. The van der Waals surface area contributed by atoms with Gasteiger partial charge in [-0.2, -0.15) is 4.31 Å². The number of amides is 1. The van der Waals surface area contributed by atoms with E-state index in [-0.39, 0.29) is 32.8 Å². The monoisotopic (exact) mass is 432 g/mol. The Morgan fingerprint density at radius 3 is 2.44 bits per heavy atom. The summed E-state index contributed by atoms with van der Waals surface area (Å²) in [5.74, 6) is 0.431. The zero-order chi connectivity index (χ0) is 19.6. The van der Waals surface area contributed by atoms with Crippen LogP contribution in [0.2, 0.25) is 10.0 Å². The molecule has 0 spiro atoms. The number of carbonyl (C=O) groups is 1. The van der Waals surface area contributed by atoms with E-state index in [1.807, 2.05) is 0 Å². The third-order valence-electron chi connectivity index (χ3n) is 5.80. The molecule has 1 aromatic carbocycles. The number of hydrogen-bond acceptors (Lipinski definition) is 3. The van der Waals surface area contributed by atoms with Crippen LogP contribution in [0.1, 0.15) is 45.4 Å². The van der Waals surface area contributed by atoms with Gasteiger partial charge in [0.2, 0.25) is 15.9 Å². The van der Waals surface area contributed by atoms with Gasteiger partial charge in [0.05, 0.1) is 10.0 Å². The van der Waals surface area contributed by atoms with E-state index in [4.69, 9.17) is 23.2 Å². The molecule has 27 heavy (non-hydrogen) atoms. The van der Waals surface area contributed by atoms with E-state index in [2.05, 4.69) is 12.2 Å². The van der Waals surface area contributed by atoms with Crippen LogP contribution in [0.5, 0.6) is 0 Å². The molecule has 0 aromatic heterocycles. The van der Waals surface area contributed by atoms with Crippen molar-refractivity contribution in [1.82, 2.24) is 9.62 Å². The molecule has 8 heteroatoms. The van der Waals surface area contributed by atoms with Crippen molar-refractivity contribution in [3.8, 4) is 0 Å². The van der Waals surface area contributed by atoms with Crippen molar-refractivity contribution < 1.29 is 13.2 Å². The molecular formula is C19H26Cl2N2O3S. The molecule has 5 nitrogen and oxygen atoms in total. The average molecular weight is 433 g/mol. The molecule has 1 aliphatic heterocycles. The largest absolute Gasteiger partial charge is 0.353 e. The molecule has 1 amide bonds. The normalized spacial score (nSPS) is 25.3. The van der Waals surface area contributed by atoms with Crippen LogP contribution in [0, 0.1) is 11.8 Å². The molecular weight excluding hydrogens is 407 g/mol. The van der Waals surface area contributed by atoms with Crippen LogP contribution in [0.15, 0.2) is 23.1 Å². The summed E-state index contributed by atoms with van der Waals surface area (Å²) in [4.78, 5) is 12.6. The van der Waals surface area contributed by atoms with E-state index in [1.165, 1.54) is 16.8 Å². The smallest absolute Gasteiger partial charge is 0.244 e. The van der Waals surface area contributed by atoms with Crippen LogP contribution >= 0.6 is 23.2 Å². The number of carbonyl (C=O) groups excluding carboxylic acids is 1. The molecule has 2 atom stereocenters. The van der Waals surface area contributed by atoms with E-state index in [0.717, 1.165) is 19.3 Å². The molecule has 0 bridgehead atoms. The molecule has 2 aliphatic rings. The zero-order valence-electron chi connectivity index (χ0n) is 15.5. The van der Waals surface area contributed by atoms with Crippen molar-refractivity contribution in [2.24, 2.45) is 11.8 Å². The van der Waals surface area contributed by atoms with Crippen molar-refractivity contribution in [1.29, 1.82) is 0 Å². The summed E-state index contributed by atoms with van der Waals surface area (Å²) in [7, 11) is -3.72. The van der Waals surface area contributed by atoms with Gasteiger partial charge in [-0.05, 0) is 43.7 Å². The number of halogens is 2. The van der Waals surface area contributed by atoms with Crippen molar-refractivity contribution in [2.75, 3.05) is 13.1 Å². The third-order valence-corrected chi connectivity index (χ3v) is 8.67. The topological polar surface area (TPSA) is 66.5 Å². The van der Waals surface area contributed by atoms with Gasteiger partial charge in [-0.15, -0.1) is 0 Å². The molecule has 1 aromatic rings. The minimum absolute atomic E-state index is 0.0237. The second-order valence-corrected chi connectivity index (χ2v) is 10.3. The second-order valence-electron chi connectivity index (χ2n) is 7.61. The maximum atomic E-state index is 12.9. The number of nitrogens with one attached hydrogen (secondary N) is 1. The lowest BCUT2D eigenvalue weighted by Gasteiger charge is -2.34. The highest BCUT2D eigenvalue weighted by Crippen LogP contribution is 2.33. The molecule has 1 aliphatic carbocycles. The summed E-state index contributed by atoms with van der Waals surface area (Å²) in [5.41, 5.74) is 0. The highest BCUT2D eigenvalue weighted by atomic mass is 35.5. The predicted molar refractivity (Wildman–Crippen MR) is 108 cm³/mol. The lowest BCUT2D eigenvalue weighted by Crippen LogP contribution is -2.47. The second kappa shape index (κ2) is 8.68. The Morgan fingerprint density at radius 1 is 1.11 bits per heavy atom. The van der Waals surface area contributed by atoms with Gasteiger partial charge in [0.15, 0.2) is 0 Å². The molecule has 1 saturated heterocycles. The molecule has 0 radical (unpaired) electrons. The summed E-state index contributed by atoms with van der Waals surface area (Å²) in [6, 6.07) is 4.85. The fourth-order valence-corrected chi connectivity index (χ4v) is 6.22. The number of piperidine rings is 1. The fraction of sp³-hybridized carbons (Fsp3) is 0.632. The Labute approximate surface area is 171 Å². The first kappa shape index (κ1) is 20.9. The van der Waals surface area contributed by atoms with Gasteiger partial charge in [0.1, 0.15) is 4.90 Å². The molecule has 0 unspecified atom stereocenters. The van der Waals surface area contributed by atoms with Crippen LogP contribution < -0.4 is 5.32 Å². The van der Waals surface area contributed by atoms with Crippen LogP contribution in [-0.2, 0) is 14.8 Å². The first-order valence-electron chi connectivity index (χ1n) is 9.55. The standard InChI is InChI=1S/C19H26Cl2N2O3S/c1-13-5-2-3-7-16(13)22-19(24)14-9-11-23(12-10-14)27(25,26)17-8-4-6-15(20)18(17)21/h4,6,8,13-14,16H,2-3,5,7,9-12H2,1H3,(H,22,24)/t13-,16+/m0/s1. The fourth-order valence-electron chi connectivity index (χ4n) is 4.01. The Bertz CT molecular complexity index is 792. The molecule has 150 valence electrons. The number of hydrogen-bond donors (Lipinski definition) is 1. The highest BCUT2D eigenvalue weighted by Gasteiger charge is 2.34. The average Bonchev–Trinajstić information content (AvgIpc) is 2.65. The Kier molecular flexibility index (Phi) is 6.72. The van der Waals surface area contributed by atoms with Gasteiger partial charge in [-0.3, -0.25) is 4.79 Å². The van der Waals surface area contributed by atoms with Crippen molar-refractivity contribution in [3.05, 3.63) is 28.2 Å². The van der Waals surface area contributed by atoms with Crippen LogP contribution in [0.3, 0.4) is 0 Å². The van der Waals surface area contributed by atoms with Crippen molar-refractivity contribution in [3.63, 3.8) is 0 Å². The van der Waals surface area contributed by atoms with Crippen molar-refractivity contribution in [2.45, 2.75) is 56.4 Å². The highest BCUT2D eigenvalue weighted by molar-refractivity contribution is 7.89. The van der Waals surface area contributed by atoms with Crippen LogP contribution in [0.25, 0.3) is 0 Å². The number of sulfonamides is 1. The predicted octanol–water partition coefficient (Wildman–Crippen LogP) is 4.09. The van der Waals surface area contributed by atoms with E-state index in [0.29, 0.717) is 31.8 Å². The van der Waals surface area contributed by atoms with E-state index in [9.17, 15) is 13.2 Å². The van der Waals surface area contributed by atoms with Gasteiger partial charge < -0.3 is 5.32 Å². The lowest BCUT2D eigenvalue weighted by molar-refractivity contribution is -0.127. The maximum absolute atomic E-state index is 12.9. The Morgan fingerprint density at radius 2 is 1.78 bits per heavy atom. The van der Waals surface area contributed by atoms with Gasteiger partial charge in [0.25, 0.3) is 0 Å². The van der Waals surface area contributed by atoms with Gasteiger partial charge >= 0.3 is 0 Å². The first-order valence-corrected chi connectivity index (χ1v) is 11.7. The van der Waals surface area contributed by atoms with Gasteiger partial charge in [0, 0.05) is 25.0 Å². The lowest BCUT2D eigenvalue weighted by atomic mass is 9.85. The maximum Gasteiger partial charge on any atom is 0.244 e. The van der Waals surface area contributed by atoms with Crippen molar-refractivity contribution >= 4 is 39.1 Å². The Balaban J connectivity index is 1.61. The third kappa shape index (κ3) is 4.61. The summed E-state index contributed by atoms with van der Waals surface area (Å²) >= 11 is 12.1. The number of rotatable bonds is 4. The quantitative estimate of drug-likeness (QED) is 0.778. The SMILES string of the molecule is C[C@H]1CCCC[C@H]1NC(=O)C1CCN(S(=O)(=O)c2cccc(Cl)c2Cl)CC1. The number of benzene rings is 1. The molecule has 1 saturated carbocycles. The van der Waals surface area contributed by atoms with E-state index >= 15 is 0 Å². The summed E-state index contributed by atoms with van der Waals surface area (Å²) in [6.45, 7) is 2.81. The minimum atomic E-state index is -3.72. The van der Waals surface area contributed by atoms with Crippen LogP contribution in [-0.4, -0.2) is 37.8 Å². The molecule has 2 fully saturated rings. The van der Waals surface area contributed by atoms with E-state index < -0.39 is 10.0 Å². The summed E-state index contributed by atoms with van der Waals surface area (Å²) < 4.78 is 27.2. The van der Waals surface area contributed by atoms with Gasteiger partial charge in [-0.1, -0.05) is 49.0 Å².